The van der Waals surface area contributed by atoms with Crippen molar-refractivity contribution in [3.63, 3.8) is 0 Å². The molecule has 0 aliphatic heterocycles. The second-order valence-electron chi connectivity index (χ2n) is 4.94. The zero-order valence-electron chi connectivity index (χ0n) is 12.8. The highest BCUT2D eigenvalue weighted by molar-refractivity contribution is 6.42. The van der Waals surface area contributed by atoms with E-state index in [9.17, 15) is 9.59 Å². The van der Waals surface area contributed by atoms with Gasteiger partial charge in [0.15, 0.2) is 6.10 Å². The van der Waals surface area contributed by atoms with E-state index in [1.54, 1.807) is 42.5 Å². The third kappa shape index (κ3) is 5.41. The van der Waals surface area contributed by atoms with Crippen molar-refractivity contribution in [1.82, 2.24) is 0 Å². The lowest BCUT2D eigenvalue weighted by Gasteiger charge is -2.12. The summed E-state index contributed by atoms with van der Waals surface area (Å²) < 4.78 is 5.06. The van der Waals surface area contributed by atoms with Crippen LogP contribution in [0, 0.1) is 0 Å². The summed E-state index contributed by atoms with van der Waals surface area (Å²) in [5.41, 5.74) is 1.33. The van der Waals surface area contributed by atoms with Gasteiger partial charge in [0, 0.05) is 11.8 Å². The van der Waals surface area contributed by atoms with Crippen molar-refractivity contribution in [2.45, 2.75) is 13.0 Å². The van der Waals surface area contributed by atoms with Crippen molar-refractivity contribution < 1.29 is 14.3 Å². The largest absolute Gasteiger partial charge is 0.449 e. The molecule has 0 spiro atoms. The molecule has 0 aliphatic rings. The standard InChI is InChI=1S/C18H15Cl2NO3/c1-12(18(23)21-14-5-3-2-4-6-14)24-17(22)10-8-13-7-9-15(19)16(20)11-13/h2-12H,1H3,(H,21,23)/b10-8+/t12-/m0/s1. The molecule has 1 amide bonds. The Balaban J connectivity index is 1.89. The third-order valence-electron chi connectivity index (χ3n) is 3.06. The fraction of sp³-hybridized carbons (Fsp3) is 0.111. The summed E-state index contributed by atoms with van der Waals surface area (Å²) in [5, 5.41) is 3.49. The second-order valence-corrected chi connectivity index (χ2v) is 5.76. The SMILES string of the molecule is C[C@H](OC(=O)/C=C/c1ccc(Cl)c(Cl)c1)C(=O)Nc1ccccc1. The van der Waals surface area contributed by atoms with Gasteiger partial charge in [-0.15, -0.1) is 0 Å². The summed E-state index contributed by atoms with van der Waals surface area (Å²) in [6, 6.07) is 13.9. The van der Waals surface area contributed by atoms with Crippen LogP contribution in [0.4, 0.5) is 5.69 Å². The normalized spacial score (nSPS) is 12.0. The van der Waals surface area contributed by atoms with Crippen molar-refractivity contribution in [3.8, 4) is 0 Å². The molecule has 1 atom stereocenters. The first kappa shape index (κ1) is 18.0. The Morgan fingerprint density at radius 2 is 1.79 bits per heavy atom. The van der Waals surface area contributed by atoms with Gasteiger partial charge in [-0.1, -0.05) is 47.5 Å². The number of hydrogen-bond donors (Lipinski definition) is 1. The summed E-state index contributed by atoms with van der Waals surface area (Å²) in [5.74, 6) is -1.03. The van der Waals surface area contributed by atoms with Crippen molar-refractivity contribution >= 4 is 46.8 Å². The first-order chi connectivity index (χ1) is 11.5. The molecule has 0 unspecified atom stereocenters. The van der Waals surface area contributed by atoms with E-state index in [1.807, 2.05) is 6.07 Å². The Labute approximate surface area is 150 Å². The lowest BCUT2D eigenvalue weighted by Crippen LogP contribution is -2.29. The Morgan fingerprint density at radius 3 is 2.46 bits per heavy atom. The maximum absolute atomic E-state index is 12.0. The number of amides is 1. The molecule has 6 heteroatoms. The van der Waals surface area contributed by atoms with Gasteiger partial charge in [0.25, 0.3) is 5.91 Å². The van der Waals surface area contributed by atoms with Gasteiger partial charge in [-0.05, 0) is 42.8 Å². The number of anilines is 1. The van der Waals surface area contributed by atoms with E-state index in [0.29, 0.717) is 21.3 Å². The minimum atomic E-state index is -0.920. The van der Waals surface area contributed by atoms with Gasteiger partial charge in [0.05, 0.1) is 10.0 Å². The highest BCUT2D eigenvalue weighted by atomic mass is 35.5. The fourth-order valence-corrected chi connectivity index (χ4v) is 2.12. The predicted octanol–water partition coefficient (Wildman–Crippen LogP) is 4.58. The number of esters is 1. The average molecular weight is 364 g/mol. The summed E-state index contributed by atoms with van der Waals surface area (Å²) >= 11 is 11.7. The molecular weight excluding hydrogens is 349 g/mol. The third-order valence-corrected chi connectivity index (χ3v) is 3.80. The van der Waals surface area contributed by atoms with Crippen LogP contribution in [0.5, 0.6) is 0 Å². The zero-order valence-corrected chi connectivity index (χ0v) is 14.3. The van der Waals surface area contributed by atoms with Crippen LogP contribution in [0.15, 0.2) is 54.6 Å². The number of rotatable bonds is 5. The number of carbonyl (C=O) groups is 2. The van der Waals surface area contributed by atoms with E-state index in [-0.39, 0.29) is 0 Å². The number of nitrogens with one attached hydrogen (secondary N) is 1. The van der Waals surface area contributed by atoms with E-state index >= 15 is 0 Å². The molecule has 0 bridgehead atoms. The molecule has 2 aromatic rings. The lowest BCUT2D eigenvalue weighted by molar-refractivity contribution is -0.148. The van der Waals surface area contributed by atoms with Gasteiger partial charge in [0.1, 0.15) is 0 Å². The van der Waals surface area contributed by atoms with Crippen molar-refractivity contribution in [1.29, 1.82) is 0 Å². The molecule has 0 heterocycles. The van der Waals surface area contributed by atoms with E-state index < -0.39 is 18.0 Å². The van der Waals surface area contributed by atoms with Crippen LogP contribution in [0.2, 0.25) is 10.0 Å². The summed E-state index contributed by atoms with van der Waals surface area (Å²) in [6.07, 6.45) is 1.84. The molecule has 4 nitrogen and oxygen atoms in total. The lowest BCUT2D eigenvalue weighted by atomic mass is 10.2. The molecule has 124 valence electrons. The first-order valence-corrected chi connectivity index (χ1v) is 7.91. The molecule has 24 heavy (non-hydrogen) atoms. The molecular formula is C18H15Cl2NO3. The number of carbonyl (C=O) groups excluding carboxylic acids is 2. The van der Waals surface area contributed by atoms with Gasteiger partial charge >= 0.3 is 5.97 Å². The highest BCUT2D eigenvalue weighted by Gasteiger charge is 2.16. The minimum Gasteiger partial charge on any atom is -0.449 e. The fourth-order valence-electron chi connectivity index (χ4n) is 1.81. The van der Waals surface area contributed by atoms with Crippen molar-refractivity contribution in [2.24, 2.45) is 0 Å². The number of benzene rings is 2. The van der Waals surface area contributed by atoms with E-state index in [4.69, 9.17) is 27.9 Å². The minimum absolute atomic E-state index is 0.391. The van der Waals surface area contributed by atoms with E-state index in [2.05, 4.69) is 5.32 Å². The zero-order chi connectivity index (χ0) is 17.5. The molecule has 1 N–H and O–H groups in total. The quantitative estimate of drug-likeness (QED) is 0.624. The molecule has 0 radical (unpaired) electrons. The monoisotopic (exact) mass is 363 g/mol. The van der Waals surface area contributed by atoms with Gasteiger partial charge in [0.2, 0.25) is 0 Å². The molecule has 0 aromatic heterocycles. The Morgan fingerprint density at radius 1 is 1.08 bits per heavy atom. The Hall–Kier alpha value is -2.30. The number of ether oxygens (including phenoxy) is 1. The van der Waals surface area contributed by atoms with Crippen molar-refractivity contribution in [3.05, 3.63) is 70.2 Å². The first-order valence-electron chi connectivity index (χ1n) is 7.15. The molecule has 2 rings (SSSR count). The van der Waals surface area contributed by atoms with Crippen LogP contribution < -0.4 is 5.32 Å². The topological polar surface area (TPSA) is 55.4 Å². The van der Waals surface area contributed by atoms with Crippen LogP contribution in [0.1, 0.15) is 12.5 Å². The Kier molecular flexibility index (Phi) is 6.41. The van der Waals surface area contributed by atoms with E-state index in [0.717, 1.165) is 0 Å². The van der Waals surface area contributed by atoms with Crippen LogP contribution in [-0.2, 0) is 14.3 Å². The molecule has 2 aromatic carbocycles. The van der Waals surface area contributed by atoms with Gasteiger partial charge in [-0.25, -0.2) is 4.79 Å². The maximum Gasteiger partial charge on any atom is 0.331 e. The molecule has 0 aliphatic carbocycles. The summed E-state index contributed by atoms with van der Waals surface area (Å²) in [4.78, 5) is 23.7. The second kappa shape index (κ2) is 8.52. The van der Waals surface area contributed by atoms with Gasteiger partial charge in [-0.2, -0.15) is 0 Å². The van der Waals surface area contributed by atoms with Crippen LogP contribution in [0.25, 0.3) is 6.08 Å². The number of hydrogen-bond acceptors (Lipinski definition) is 3. The molecule has 0 saturated heterocycles. The average Bonchev–Trinajstić information content (AvgIpc) is 2.56. The predicted molar refractivity (Wildman–Crippen MR) is 96.1 cm³/mol. The van der Waals surface area contributed by atoms with Crippen LogP contribution in [-0.4, -0.2) is 18.0 Å². The van der Waals surface area contributed by atoms with Crippen LogP contribution >= 0.6 is 23.2 Å². The number of para-hydroxylation sites is 1. The van der Waals surface area contributed by atoms with Crippen LogP contribution in [0.3, 0.4) is 0 Å². The Bertz CT molecular complexity index is 760. The van der Waals surface area contributed by atoms with Gasteiger partial charge < -0.3 is 10.1 Å². The summed E-state index contributed by atoms with van der Waals surface area (Å²) in [7, 11) is 0. The van der Waals surface area contributed by atoms with Crippen molar-refractivity contribution in [2.75, 3.05) is 5.32 Å². The smallest absolute Gasteiger partial charge is 0.331 e. The molecule has 0 saturated carbocycles. The molecule has 0 fully saturated rings. The maximum atomic E-state index is 12.0. The summed E-state index contributed by atoms with van der Waals surface area (Å²) in [6.45, 7) is 1.50. The number of halogens is 2. The highest BCUT2D eigenvalue weighted by Crippen LogP contribution is 2.23. The van der Waals surface area contributed by atoms with E-state index in [1.165, 1.54) is 19.1 Å². The van der Waals surface area contributed by atoms with Gasteiger partial charge in [-0.3, -0.25) is 4.79 Å².